The Bertz CT molecular complexity index is 547. The van der Waals surface area contributed by atoms with E-state index in [0.717, 1.165) is 18.7 Å². The molecular formula is C17H28BClN2O4. The van der Waals surface area contributed by atoms with Crippen molar-refractivity contribution in [1.29, 1.82) is 0 Å². The van der Waals surface area contributed by atoms with Gasteiger partial charge in [0.15, 0.2) is 0 Å². The van der Waals surface area contributed by atoms with Crippen molar-refractivity contribution in [3.05, 3.63) is 34.9 Å². The molecule has 5 N–H and O–H groups in total. The lowest BCUT2D eigenvalue weighted by Crippen LogP contribution is -2.48. The zero-order chi connectivity index (χ0) is 18.9. The molecule has 1 unspecified atom stereocenters. The summed E-state index contributed by atoms with van der Waals surface area (Å²) < 4.78 is 0. The molecule has 1 rings (SSSR count). The van der Waals surface area contributed by atoms with E-state index in [-0.39, 0.29) is 6.32 Å². The summed E-state index contributed by atoms with van der Waals surface area (Å²) >= 11 is 5.98. The van der Waals surface area contributed by atoms with E-state index in [0.29, 0.717) is 37.1 Å². The van der Waals surface area contributed by atoms with Gasteiger partial charge >= 0.3 is 13.1 Å². The zero-order valence-electron chi connectivity index (χ0n) is 14.7. The SMILES string of the molecule is CN(CCCC(N)(CCCCB(O)O)C(=O)O)Cc1cccc(Cl)c1. The Morgan fingerprint density at radius 1 is 1.28 bits per heavy atom. The second kappa shape index (κ2) is 10.8. The monoisotopic (exact) mass is 370 g/mol. The molecule has 0 saturated heterocycles. The first-order valence-corrected chi connectivity index (χ1v) is 8.92. The van der Waals surface area contributed by atoms with Crippen LogP contribution in [-0.2, 0) is 11.3 Å². The van der Waals surface area contributed by atoms with Gasteiger partial charge in [0.1, 0.15) is 5.54 Å². The largest absolute Gasteiger partial charge is 0.480 e. The van der Waals surface area contributed by atoms with Crippen LogP contribution < -0.4 is 5.73 Å². The van der Waals surface area contributed by atoms with Gasteiger partial charge in [-0.1, -0.05) is 36.6 Å². The third kappa shape index (κ3) is 8.69. The van der Waals surface area contributed by atoms with Crippen molar-refractivity contribution in [2.24, 2.45) is 5.73 Å². The Morgan fingerprint density at radius 3 is 2.56 bits per heavy atom. The van der Waals surface area contributed by atoms with Gasteiger partial charge in [-0.3, -0.25) is 4.79 Å². The molecule has 25 heavy (non-hydrogen) atoms. The van der Waals surface area contributed by atoms with Crippen molar-refractivity contribution in [2.75, 3.05) is 13.6 Å². The molecule has 0 fully saturated rings. The normalized spacial score (nSPS) is 13.7. The van der Waals surface area contributed by atoms with Gasteiger partial charge in [0, 0.05) is 11.6 Å². The highest BCUT2D eigenvalue weighted by atomic mass is 35.5. The van der Waals surface area contributed by atoms with Crippen LogP contribution in [0.4, 0.5) is 0 Å². The summed E-state index contributed by atoms with van der Waals surface area (Å²) in [6.45, 7) is 1.47. The van der Waals surface area contributed by atoms with Crippen LogP contribution in [0.25, 0.3) is 0 Å². The Balaban J connectivity index is 2.39. The molecule has 0 radical (unpaired) electrons. The molecule has 0 bridgehead atoms. The van der Waals surface area contributed by atoms with Crippen molar-refractivity contribution in [1.82, 2.24) is 4.90 Å². The standard InChI is InChI=1S/C17H28BClN2O4/c1-21(13-14-6-4-7-15(19)12-14)11-5-9-17(20,16(22)23)8-2-3-10-18(24)25/h4,6-7,12,24-25H,2-3,5,8-11,13,20H2,1H3,(H,22,23). The number of halogens is 1. The summed E-state index contributed by atoms with van der Waals surface area (Å²) in [6, 6.07) is 7.65. The highest BCUT2D eigenvalue weighted by Crippen LogP contribution is 2.20. The second-order valence-electron chi connectivity index (χ2n) is 6.66. The Hall–Kier alpha value is -1.12. The maximum Gasteiger partial charge on any atom is 0.451 e. The first-order valence-electron chi connectivity index (χ1n) is 8.54. The smallest absolute Gasteiger partial charge is 0.451 e. The molecule has 0 aliphatic heterocycles. The number of nitrogens with zero attached hydrogens (tertiary/aromatic N) is 1. The summed E-state index contributed by atoms with van der Waals surface area (Å²) in [4.78, 5) is 13.6. The number of rotatable bonds is 12. The molecule has 1 aromatic rings. The average Bonchev–Trinajstić information content (AvgIpc) is 2.51. The van der Waals surface area contributed by atoms with Gasteiger partial charge in [-0.05, 0) is 56.9 Å². The number of hydrogen-bond acceptors (Lipinski definition) is 5. The number of carboxylic acids is 1. The van der Waals surface area contributed by atoms with E-state index in [2.05, 4.69) is 4.90 Å². The van der Waals surface area contributed by atoms with Crippen LogP contribution >= 0.6 is 11.6 Å². The molecule has 0 amide bonds. The first kappa shape index (κ1) is 21.9. The van der Waals surface area contributed by atoms with E-state index in [1.165, 1.54) is 0 Å². The maximum atomic E-state index is 11.5. The van der Waals surface area contributed by atoms with Crippen molar-refractivity contribution >= 4 is 24.7 Å². The quantitative estimate of drug-likeness (QED) is 0.331. The van der Waals surface area contributed by atoms with E-state index in [1.807, 2.05) is 31.3 Å². The third-order valence-corrected chi connectivity index (χ3v) is 4.50. The molecule has 0 aliphatic rings. The van der Waals surface area contributed by atoms with E-state index >= 15 is 0 Å². The predicted octanol–water partition coefficient (Wildman–Crippen LogP) is 1.98. The third-order valence-electron chi connectivity index (χ3n) is 4.27. The first-order chi connectivity index (χ1) is 11.7. The molecular weight excluding hydrogens is 342 g/mol. The zero-order valence-corrected chi connectivity index (χ0v) is 15.5. The van der Waals surface area contributed by atoms with Crippen LogP contribution in [0, 0.1) is 0 Å². The summed E-state index contributed by atoms with van der Waals surface area (Å²) in [5.41, 5.74) is 5.90. The molecule has 6 nitrogen and oxygen atoms in total. The lowest BCUT2D eigenvalue weighted by molar-refractivity contribution is -0.144. The number of carboxylic acid groups (broad SMARTS) is 1. The highest BCUT2D eigenvalue weighted by Gasteiger charge is 2.32. The van der Waals surface area contributed by atoms with E-state index in [9.17, 15) is 9.90 Å². The summed E-state index contributed by atoms with van der Waals surface area (Å²) in [7, 11) is 0.625. The highest BCUT2D eigenvalue weighted by molar-refractivity contribution is 6.40. The van der Waals surface area contributed by atoms with Crippen molar-refractivity contribution < 1.29 is 19.9 Å². The van der Waals surface area contributed by atoms with Crippen LogP contribution in [0.15, 0.2) is 24.3 Å². The van der Waals surface area contributed by atoms with Gasteiger partial charge in [0.25, 0.3) is 0 Å². The topological polar surface area (TPSA) is 107 Å². The van der Waals surface area contributed by atoms with Gasteiger partial charge in [0.2, 0.25) is 0 Å². The average molecular weight is 371 g/mol. The number of hydrogen-bond donors (Lipinski definition) is 4. The van der Waals surface area contributed by atoms with Crippen molar-refractivity contribution in [3.63, 3.8) is 0 Å². The minimum atomic E-state index is -1.35. The lowest BCUT2D eigenvalue weighted by Gasteiger charge is -2.26. The van der Waals surface area contributed by atoms with Crippen LogP contribution in [0.1, 0.15) is 37.7 Å². The number of benzene rings is 1. The molecule has 0 aromatic heterocycles. The van der Waals surface area contributed by atoms with Crippen molar-refractivity contribution in [2.45, 2.75) is 50.5 Å². The molecule has 140 valence electrons. The minimum absolute atomic E-state index is 0.234. The number of carbonyl (C=O) groups is 1. The Kier molecular flexibility index (Phi) is 9.46. The molecule has 0 spiro atoms. The van der Waals surface area contributed by atoms with Gasteiger partial charge in [-0.2, -0.15) is 0 Å². The fourth-order valence-electron chi connectivity index (χ4n) is 2.80. The lowest BCUT2D eigenvalue weighted by atomic mass is 9.81. The predicted molar refractivity (Wildman–Crippen MR) is 100 cm³/mol. The summed E-state index contributed by atoms with van der Waals surface area (Å²) in [5.74, 6) is -1.01. The maximum absolute atomic E-state index is 11.5. The number of nitrogens with two attached hydrogens (primary N) is 1. The molecule has 1 aromatic carbocycles. The van der Waals surface area contributed by atoms with E-state index in [1.54, 1.807) is 0 Å². The van der Waals surface area contributed by atoms with Gasteiger partial charge < -0.3 is 25.8 Å². The molecule has 1 atom stereocenters. The van der Waals surface area contributed by atoms with Crippen LogP contribution in [0.5, 0.6) is 0 Å². The van der Waals surface area contributed by atoms with E-state index in [4.69, 9.17) is 27.4 Å². The van der Waals surface area contributed by atoms with Gasteiger partial charge in [0.05, 0.1) is 0 Å². The molecule has 8 heteroatoms. The molecule has 0 aliphatic carbocycles. The Morgan fingerprint density at radius 2 is 1.96 bits per heavy atom. The van der Waals surface area contributed by atoms with Crippen LogP contribution in [0.2, 0.25) is 11.3 Å². The van der Waals surface area contributed by atoms with Gasteiger partial charge in [-0.25, -0.2) is 0 Å². The summed E-state index contributed by atoms with van der Waals surface area (Å²) in [6.07, 6.45) is 2.70. The molecule has 0 heterocycles. The van der Waals surface area contributed by atoms with Crippen molar-refractivity contribution in [3.8, 4) is 0 Å². The minimum Gasteiger partial charge on any atom is -0.480 e. The van der Waals surface area contributed by atoms with Crippen LogP contribution in [0.3, 0.4) is 0 Å². The van der Waals surface area contributed by atoms with Gasteiger partial charge in [-0.15, -0.1) is 0 Å². The Labute approximate surface area is 154 Å². The fourth-order valence-corrected chi connectivity index (χ4v) is 3.01. The molecule has 0 saturated carbocycles. The fraction of sp³-hybridized carbons (Fsp3) is 0.588. The van der Waals surface area contributed by atoms with E-state index < -0.39 is 18.6 Å². The number of aliphatic carboxylic acids is 1. The van der Waals surface area contributed by atoms with Crippen LogP contribution in [-0.4, -0.2) is 52.3 Å². The second-order valence-corrected chi connectivity index (χ2v) is 7.10. The summed E-state index contributed by atoms with van der Waals surface area (Å²) in [5, 5.41) is 27.8. The number of unbranched alkanes of at least 4 members (excludes halogenated alkanes) is 1.